The van der Waals surface area contributed by atoms with Crippen molar-refractivity contribution in [3.05, 3.63) is 0 Å². The number of aliphatic hydroxyl groups is 1. The topological polar surface area (TPSA) is 126 Å². The molecular formula is C5H14N2O7. The summed E-state index contributed by atoms with van der Waals surface area (Å²) in [5, 5.41) is 40.4. The molecule has 0 aromatic carbocycles. The summed E-state index contributed by atoms with van der Waals surface area (Å²) < 4.78 is 0. The molecule has 1 atom stereocenters. The van der Waals surface area contributed by atoms with Crippen molar-refractivity contribution in [2.24, 2.45) is 0 Å². The molecule has 0 amide bonds. The highest BCUT2D eigenvalue weighted by molar-refractivity contribution is 4.54. The molecule has 14 heavy (non-hydrogen) atoms. The summed E-state index contributed by atoms with van der Waals surface area (Å²) in [6, 6.07) is 0. The first-order valence-corrected chi connectivity index (χ1v) is 3.82. The largest absolute Gasteiger partial charge is 0.396 e. The van der Waals surface area contributed by atoms with Gasteiger partial charge >= 0.3 is 0 Å². The molecule has 0 heterocycles. The van der Waals surface area contributed by atoms with Crippen LogP contribution in [-0.2, 0) is 9.68 Å². The van der Waals surface area contributed by atoms with Crippen LogP contribution in [0, 0.1) is 0 Å². The summed E-state index contributed by atoms with van der Waals surface area (Å²) in [6.07, 6.45) is -0.223. The zero-order chi connectivity index (χ0) is 11.0. The molecule has 0 saturated carbocycles. The minimum Gasteiger partial charge on any atom is -0.396 e. The van der Waals surface area contributed by atoms with Crippen LogP contribution in [0.5, 0.6) is 0 Å². The lowest BCUT2D eigenvalue weighted by Gasteiger charge is -2.18. The molecule has 1 unspecified atom stereocenters. The van der Waals surface area contributed by atoms with E-state index in [1.807, 2.05) is 0 Å². The van der Waals surface area contributed by atoms with Crippen molar-refractivity contribution < 1.29 is 35.6 Å². The Balaban J connectivity index is 3.72. The van der Waals surface area contributed by atoms with Crippen LogP contribution in [0.4, 0.5) is 0 Å². The number of nitrogens with zero attached hydrogens (tertiary/aromatic N) is 2. The second-order valence-electron chi connectivity index (χ2n) is 2.39. The summed E-state index contributed by atoms with van der Waals surface area (Å²) >= 11 is 0. The third-order valence-corrected chi connectivity index (χ3v) is 1.30. The standard InChI is InChI=1S/C5H14N2O7/c8-3-1-2-5(14-7(11)12)4-13-6(9)10/h5,8-12H,1-4H2. The van der Waals surface area contributed by atoms with Crippen LogP contribution in [0.2, 0.25) is 0 Å². The van der Waals surface area contributed by atoms with Gasteiger partial charge in [-0.05, 0) is 12.8 Å². The van der Waals surface area contributed by atoms with Gasteiger partial charge in [0.15, 0.2) is 0 Å². The highest BCUT2D eigenvalue weighted by atomic mass is 17.1. The first-order chi connectivity index (χ1) is 6.56. The maximum Gasteiger partial charge on any atom is 0.110 e. The lowest BCUT2D eigenvalue weighted by Crippen LogP contribution is -2.31. The quantitative estimate of drug-likeness (QED) is 0.328. The highest BCUT2D eigenvalue weighted by Gasteiger charge is 2.14. The van der Waals surface area contributed by atoms with Crippen LogP contribution < -0.4 is 0 Å². The fourth-order valence-electron chi connectivity index (χ4n) is 0.769. The van der Waals surface area contributed by atoms with Gasteiger partial charge in [0, 0.05) is 6.61 Å². The van der Waals surface area contributed by atoms with E-state index in [1.165, 1.54) is 0 Å². The van der Waals surface area contributed by atoms with Crippen LogP contribution >= 0.6 is 0 Å². The van der Waals surface area contributed by atoms with Gasteiger partial charge in [0.25, 0.3) is 0 Å². The van der Waals surface area contributed by atoms with Crippen molar-refractivity contribution in [1.82, 2.24) is 10.8 Å². The van der Waals surface area contributed by atoms with E-state index in [0.29, 0.717) is 6.42 Å². The van der Waals surface area contributed by atoms with Crippen molar-refractivity contribution in [3.8, 4) is 0 Å². The Hall–Kier alpha value is -0.360. The van der Waals surface area contributed by atoms with Crippen molar-refractivity contribution in [3.63, 3.8) is 0 Å². The van der Waals surface area contributed by atoms with E-state index in [1.54, 1.807) is 0 Å². The fraction of sp³-hybridized carbons (Fsp3) is 1.00. The van der Waals surface area contributed by atoms with Crippen LogP contribution in [0.25, 0.3) is 0 Å². The molecule has 0 rings (SSSR count). The Morgan fingerprint density at radius 2 is 1.71 bits per heavy atom. The fourth-order valence-corrected chi connectivity index (χ4v) is 0.769. The first kappa shape index (κ1) is 13.6. The maximum atomic E-state index is 8.48. The van der Waals surface area contributed by atoms with E-state index in [9.17, 15) is 0 Å². The molecule has 0 aliphatic heterocycles. The second-order valence-corrected chi connectivity index (χ2v) is 2.39. The van der Waals surface area contributed by atoms with E-state index in [0.717, 1.165) is 0 Å². The summed E-state index contributed by atoms with van der Waals surface area (Å²) in [6.45, 7) is -0.413. The van der Waals surface area contributed by atoms with Crippen molar-refractivity contribution in [1.29, 1.82) is 0 Å². The van der Waals surface area contributed by atoms with E-state index in [4.69, 9.17) is 25.9 Å². The van der Waals surface area contributed by atoms with Crippen molar-refractivity contribution in [2.45, 2.75) is 18.9 Å². The minimum absolute atomic E-state index is 0.0985. The normalized spacial score (nSPS) is 13.9. The molecule has 0 aromatic heterocycles. The molecular weight excluding hydrogens is 200 g/mol. The summed E-state index contributed by atoms with van der Waals surface area (Å²) in [5.41, 5.74) is 0. The lowest BCUT2D eigenvalue weighted by atomic mass is 10.2. The molecule has 0 aliphatic rings. The number of aliphatic hydroxyl groups excluding tert-OH is 1. The predicted molar refractivity (Wildman–Crippen MR) is 38.0 cm³/mol. The number of hydrogen-bond acceptors (Lipinski definition) is 9. The summed E-state index contributed by atoms with van der Waals surface area (Å²) in [5.74, 6) is 0. The van der Waals surface area contributed by atoms with Gasteiger partial charge in [-0.15, -0.1) is 0 Å². The van der Waals surface area contributed by atoms with Gasteiger partial charge in [-0.2, -0.15) is 0 Å². The third kappa shape index (κ3) is 8.25. The molecule has 9 heteroatoms. The van der Waals surface area contributed by atoms with Gasteiger partial charge in [0.05, 0.1) is 10.8 Å². The van der Waals surface area contributed by atoms with Gasteiger partial charge in [-0.1, -0.05) is 0 Å². The van der Waals surface area contributed by atoms with Gasteiger partial charge < -0.3 is 5.11 Å². The molecule has 0 radical (unpaired) electrons. The van der Waals surface area contributed by atoms with Crippen LogP contribution in [0.3, 0.4) is 0 Å². The predicted octanol–water partition coefficient (Wildman–Crippen LogP) is -0.848. The molecule has 9 nitrogen and oxygen atoms in total. The van der Waals surface area contributed by atoms with E-state index >= 15 is 0 Å². The molecule has 0 aromatic rings. The van der Waals surface area contributed by atoms with Crippen molar-refractivity contribution in [2.75, 3.05) is 13.2 Å². The van der Waals surface area contributed by atoms with Crippen molar-refractivity contribution >= 4 is 0 Å². The monoisotopic (exact) mass is 214 g/mol. The van der Waals surface area contributed by atoms with Gasteiger partial charge in [0.2, 0.25) is 0 Å². The molecule has 0 fully saturated rings. The zero-order valence-electron chi connectivity index (χ0n) is 7.35. The minimum atomic E-state index is -0.820. The first-order valence-electron chi connectivity index (χ1n) is 3.82. The number of rotatable bonds is 8. The Bertz CT molecular complexity index is 133. The van der Waals surface area contributed by atoms with Crippen LogP contribution in [0.15, 0.2) is 0 Å². The lowest BCUT2D eigenvalue weighted by molar-refractivity contribution is -0.527. The molecule has 0 aliphatic carbocycles. The molecule has 0 bridgehead atoms. The van der Waals surface area contributed by atoms with Crippen LogP contribution in [0.1, 0.15) is 12.8 Å². The molecule has 86 valence electrons. The zero-order valence-corrected chi connectivity index (χ0v) is 7.35. The number of hydrogen-bond donors (Lipinski definition) is 5. The summed E-state index contributed by atoms with van der Waals surface area (Å²) in [4.78, 5) is 8.55. The average Bonchev–Trinajstić information content (AvgIpc) is 2.09. The van der Waals surface area contributed by atoms with E-state index in [2.05, 4.69) is 9.68 Å². The van der Waals surface area contributed by atoms with Gasteiger partial charge in [-0.25, -0.2) is 9.68 Å². The Morgan fingerprint density at radius 3 is 2.14 bits per heavy atom. The van der Waals surface area contributed by atoms with Gasteiger partial charge in [-0.3, -0.25) is 20.8 Å². The van der Waals surface area contributed by atoms with E-state index in [-0.39, 0.29) is 19.6 Å². The summed E-state index contributed by atoms with van der Waals surface area (Å²) in [7, 11) is 0. The average molecular weight is 214 g/mol. The third-order valence-electron chi connectivity index (χ3n) is 1.30. The molecule has 5 N–H and O–H groups in total. The Morgan fingerprint density at radius 1 is 1.07 bits per heavy atom. The Labute approximate surface area is 79.6 Å². The second kappa shape index (κ2) is 7.99. The van der Waals surface area contributed by atoms with E-state index < -0.39 is 16.9 Å². The molecule has 0 spiro atoms. The Kier molecular flexibility index (Phi) is 7.78. The molecule has 0 saturated heterocycles. The highest BCUT2D eigenvalue weighted by Crippen LogP contribution is 2.04. The smallest absolute Gasteiger partial charge is 0.110 e. The van der Waals surface area contributed by atoms with Crippen LogP contribution in [-0.4, -0.2) is 56.0 Å². The van der Waals surface area contributed by atoms with Gasteiger partial charge in [0.1, 0.15) is 12.7 Å². The SMILES string of the molecule is OCCCC(CON(O)O)ON(O)O. The maximum absolute atomic E-state index is 8.48.